The van der Waals surface area contributed by atoms with Crippen LogP contribution in [0, 0.1) is 0 Å². The van der Waals surface area contributed by atoms with Gasteiger partial charge in [-0.1, -0.05) is 0 Å². The predicted octanol–water partition coefficient (Wildman–Crippen LogP) is 1.41. The Kier molecular flexibility index (Phi) is 4.83. The zero-order valence-electron chi connectivity index (χ0n) is 10.9. The van der Waals surface area contributed by atoms with E-state index in [-0.39, 0.29) is 11.7 Å². The first-order valence-corrected chi connectivity index (χ1v) is 6.49. The number of anilines is 1. The predicted molar refractivity (Wildman–Crippen MR) is 76.9 cm³/mol. The summed E-state index contributed by atoms with van der Waals surface area (Å²) < 4.78 is 15.6. The summed E-state index contributed by atoms with van der Waals surface area (Å²) in [4.78, 5) is 11.1. The number of carbonyl (C=O) groups is 1. The molecule has 0 spiro atoms. The minimum absolute atomic E-state index is 0.231. The molecule has 0 aliphatic carbocycles. The third kappa shape index (κ3) is 3.89. The van der Waals surface area contributed by atoms with Crippen LogP contribution in [0.4, 0.5) is 10.5 Å². The van der Waals surface area contributed by atoms with E-state index in [1.165, 1.54) is 0 Å². The average molecular weight is 297 g/mol. The molecular formula is C12H15N3O4S. The maximum Gasteiger partial charge on any atom is 0.425 e. The van der Waals surface area contributed by atoms with Crippen molar-refractivity contribution in [2.45, 2.75) is 6.92 Å². The van der Waals surface area contributed by atoms with Crippen LogP contribution in [0.3, 0.4) is 0 Å². The van der Waals surface area contributed by atoms with Crippen LogP contribution in [0.15, 0.2) is 18.2 Å². The molecule has 1 amide bonds. The highest BCUT2D eigenvalue weighted by atomic mass is 32.1. The van der Waals surface area contributed by atoms with Crippen LogP contribution in [-0.2, 0) is 4.74 Å². The lowest BCUT2D eigenvalue weighted by Gasteiger charge is -2.19. The van der Waals surface area contributed by atoms with Crippen LogP contribution in [0.25, 0.3) is 0 Å². The number of thiocarbonyl (C=S) groups is 1. The molecule has 3 N–H and O–H groups in total. The van der Waals surface area contributed by atoms with E-state index in [0.29, 0.717) is 24.7 Å². The molecule has 1 aromatic carbocycles. The zero-order chi connectivity index (χ0) is 14.4. The van der Waals surface area contributed by atoms with Crippen LogP contribution < -0.4 is 25.6 Å². The Hall–Kier alpha value is -2.22. The average Bonchev–Trinajstić information content (AvgIpc) is 2.45. The molecule has 1 aromatic rings. The summed E-state index contributed by atoms with van der Waals surface area (Å²) in [5.41, 5.74) is 5.53. The minimum atomic E-state index is -0.598. The molecule has 108 valence electrons. The minimum Gasteiger partial charge on any atom is -0.486 e. The van der Waals surface area contributed by atoms with Crippen molar-refractivity contribution in [3.63, 3.8) is 0 Å². The highest BCUT2D eigenvalue weighted by Crippen LogP contribution is 2.32. The van der Waals surface area contributed by atoms with Crippen molar-refractivity contribution in [2.24, 2.45) is 0 Å². The molecule has 0 saturated heterocycles. The Labute approximate surface area is 121 Å². The fraction of sp³-hybridized carbons (Fsp3) is 0.333. The molecule has 8 heteroatoms. The normalized spacial score (nSPS) is 12.2. The molecular weight excluding hydrogens is 282 g/mol. The molecule has 0 bridgehead atoms. The molecule has 0 aromatic heterocycles. The molecule has 0 saturated carbocycles. The topological polar surface area (TPSA) is 80.9 Å². The van der Waals surface area contributed by atoms with Gasteiger partial charge < -0.3 is 19.5 Å². The number of nitrogens with one attached hydrogen (secondary N) is 3. The number of carbonyl (C=O) groups excluding carboxylic acids is 1. The molecule has 1 aliphatic heterocycles. The largest absolute Gasteiger partial charge is 0.486 e. The van der Waals surface area contributed by atoms with Gasteiger partial charge in [-0.25, -0.2) is 10.2 Å². The van der Waals surface area contributed by atoms with Crippen molar-refractivity contribution < 1.29 is 19.0 Å². The SMILES string of the molecule is CCOC(=O)NNC(=S)Nc1ccc2c(c1)OCCO2. The number of rotatable bonds is 2. The van der Waals surface area contributed by atoms with Gasteiger partial charge in [-0.3, -0.25) is 5.43 Å². The Morgan fingerprint density at radius 2 is 2.05 bits per heavy atom. The molecule has 7 nitrogen and oxygen atoms in total. The molecule has 0 unspecified atom stereocenters. The van der Waals surface area contributed by atoms with Crippen molar-refractivity contribution >= 4 is 29.1 Å². The zero-order valence-corrected chi connectivity index (χ0v) is 11.7. The van der Waals surface area contributed by atoms with Crippen molar-refractivity contribution in [3.8, 4) is 11.5 Å². The fourth-order valence-corrected chi connectivity index (χ4v) is 1.73. The van der Waals surface area contributed by atoms with Gasteiger partial charge in [0.1, 0.15) is 13.2 Å². The molecule has 0 radical (unpaired) electrons. The standard InChI is InChI=1S/C12H15N3O4S/c1-2-17-12(16)15-14-11(20)13-8-3-4-9-10(7-8)19-6-5-18-9/h3-4,7H,2,5-6H2,1H3,(H,15,16)(H2,13,14,20). The number of hydrogen-bond donors (Lipinski definition) is 3. The maximum absolute atomic E-state index is 11.1. The first kappa shape index (κ1) is 14.2. The third-order valence-corrected chi connectivity index (χ3v) is 2.56. The van der Waals surface area contributed by atoms with E-state index in [4.69, 9.17) is 21.7 Å². The van der Waals surface area contributed by atoms with E-state index in [1.54, 1.807) is 25.1 Å². The molecule has 2 rings (SSSR count). The van der Waals surface area contributed by atoms with Gasteiger partial charge in [-0.15, -0.1) is 0 Å². The summed E-state index contributed by atoms with van der Waals surface area (Å²) in [6, 6.07) is 5.36. The Bertz CT molecular complexity index is 509. The number of fused-ring (bicyclic) bond motifs is 1. The van der Waals surface area contributed by atoms with Gasteiger partial charge in [0.25, 0.3) is 0 Å². The third-order valence-electron chi connectivity index (χ3n) is 2.35. The van der Waals surface area contributed by atoms with Gasteiger partial charge >= 0.3 is 6.09 Å². The van der Waals surface area contributed by atoms with Gasteiger partial charge in [0, 0.05) is 11.8 Å². The van der Waals surface area contributed by atoms with Gasteiger partial charge in [0.2, 0.25) is 0 Å². The van der Waals surface area contributed by atoms with E-state index in [0.717, 1.165) is 5.69 Å². The Balaban J connectivity index is 1.86. The van der Waals surface area contributed by atoms with Gasteiger partial charge in [-0.2, -0.15) is 0 Å². The van der Waals surface area contributed by atoms with Crippen LogP contribution in [0.1, 0.15) is 6.92 Å². The van der Waals surface area contributed by atoms with E-state index in [9.17, 15) is 4.79 Å². The van der Waals surface area contributed by atoms with Crippen molar-refractivity contribution in [1.82, 2.24) is 10.9 Å². The summed E-state index contributed by atoms with van der Waals surface area (Å²) in [7, 11) is 0. The Morgan fingerprint density at radius 1 is 1.30 bits per heavy atom. The summed E-state index contributed by atoms with van der Waals surface area (Å²) in [6.07, 6.45) is -0.598. The fourth-order valence-electron chi connectivity index (χ4n) is 1.56. The van der Waals surface area contributed by atoms with E-state index in [1.807, 2.05) is 0 Å². The lowest BCUT2D eigenvalue weighted by atomic mass is 10.2. The molecule has 20 heavy (non-hydrogen) atoms. The van der Waals surface area contributed by atoms with Gasteiger partial charge in [0.05, 0.1) is 6.61 Å². The molecule has 0 atom stereocenters. The van der Waals surface area contributed by atoms with Crippen molar-refractivity contribution in [1.29, 1.82) is 0 Å². The van der Waals surface area contributed by atoms with Gasteiger partial charge in [-0.05, 0) is 31.3 Å². The first-order chi connectivity index (χ1) is 9.69. The molecule has 0 fully saturated rings. The highest BCUT2D eigenvalue weighted by Gasteiger charge is 2.12. The quantitative estimate of drug-likeness (QED) is 0.562. The van der Waals surface area contributed by atoms with Crippen LogP contribution >= 0.6 is 12.2 Å². The highest BCUT2D eigenvalue weighted by molar-refractivity contribution is 7.80. The lowest BCUT2D eigenvalue weighted by molar-refractivity contribution is 0.150. The monoisotopic (exact) mass is 297 g/mol. The van der Waals surface area contributed by atoms with Crippen LogP contribution in [0.2, 0.25) is 0 Å². The maximum atomic E-state index is 11.1. The summed E-state index contributed by atoms with van der Waals surface area (Å²) >= 11 is 5.03. The van der Waals surface area contributed by atoms with Crippen molar-refractivity contribution in [2.75, 3.05) is 25.1 Å². The second kappa shape index (κ2) is 6.80. The number of ether oxygens (including phenoxy) is 3. The first-order valence-electron chi connectivity index (χ1n) is 6.08. The lowest BCUT2D eigenvalue weighted by Crippen LogP contribution is -2.44. The van der Waals surface area contributed by atoms with Crippen LogP contribution in [0.5, 0.6) is 11.5 Å². The van der Waals surface area contributed by atoms with E-state index < -0.39 is 6.09 Å². The summed E-state index contributed by atoms with van der Waals surface area (Å²) in [5, 5.41) is 3.14. The van der Waals surface area contributed by atoms with Crippen LogP contribution in [-0.4, -0.2) is 31.0 Å². The van der Waals surface area contributed by atoms with E-state index in [2.05, 4.69) is 20.9 Å². The number of hydrogen-bond acceptors (Lipinski definition) is 5. The number of benzene rings is 1. The van der Waals surface area contributed by atoms with E-state index >= 15 is 0 Å². The number of hydrazine groups is 1. The van der Waals surface area contributed by atoms with Crippen molar-refractivity contribution in [3.05, 3.63) is 18.2 Å². The van der Waals surface area contributed by atoms with Gasteiger partial charge in [0.15, 0.2) is 16.6 Å². The Morgan fingerprint density at radius 3 is 2.80 bits per heavy atom. The smallest absolute Gasteiger partial charge is 0.425 e. The number of amides is 1. The summed E-state index contributed by atoms with van der Waals surface area (Å²) in [5.74, 6) is 1.35. The molecule has 1 aliphatic rings. The second-order valence-corrected chi connectivity index (χ2v) is 4.19. The second-order valence-electron chi connectivity index (χ2n) is 3.78. The molecule has 1 heterocycles. The summed E-state index contributed by atoms with van der Waals surface area (Å²) in [6.45, 7) is 3.06.